The minimum atomic E-state index is -1.22. The summed E-state index contributed by atoms with van der Waals surface area (Å²) in [6, 6.07) is 20.5. The zero-order valence-electron chi connectivity index (χ0n) is 24.4. The Balaban J connectivity index is 1.88. The molecule has 1 aromatic heterocycles. The van der Waals surface area contributed by atoms with Crippen LogP contribution in [0.5, 0.6) is 0 Å². The van der Waals surface area contributed by atoms with Gasteiger partial charge in [0.25, 0.3) is 5.91 Å². The monoisotopic (exact) mass is 562 g/mol. The first-order valence-electron chi connectivity index (χ1n) is 13.8. The van der Waals surface area contributed by atoms with Crippen molar-refractivity contribution in [3.05, 3.63) is 95.8 Å². The summed E-state index contributed by atoms with van der Waals surface area (Å²) in [5.74, 6) is -0.750. The first-order chi connectivity index (χ1) is 19.4. The van der Waals surface area contributed by atoms with Crippen LogP contribution in [0.3, 0.4) is 0 Å². The van der Waals surface area contributed by atoms with Crippen LogP contribution in [0.4, 0.5) is 4.79 Å². The van der Waals surface area contributed by atoms with Crippen molar-refractivity contribution in [1.82, 2.24) is 20.1 Å². The Morgan fingerprint density at radius 2 is 1.44 bits per heavy atom. The molecular formula is C32H42N4O5. The van der Waals surface area contributed by atoms with Gasteiger partial charge in [-0.25, -0.2) is 4.79 Å². The van der Waals surface area contributed by atoms with Gasteiger partial charge in [0, 0.05) is 26.3 Å². The summed E-state index contributed by atoms with van der Waals surface area (Å²) in [6.07, 6.45) is 0.500. The van der Waals surface area contributed by atoms with Gasteiger partial charge in [0.05, 0.1) is 12.1 Å². The van der Waals surface area contributed by atoms with E-state index in [4.69, 9.17) is 0 Å². The molecule has 0 unspecified atom stereocenters. The number of likely N-dealkylation sites (N-methyl/N-ethyl adjacent to an activating group) is 1. The molecule has 220 valence electrons. The molecular weight excluding hydrogens is 520 g/mol. The highest BCUT2D eigenvalue weighted by Crippen LogP contribution is 2.25. The summed E-state index contributed by atoms with van der Waals surface area (Å²) >= 11 is 0. The van der Waals surface area contributed by atoms with E-state index in [0.717, 1.165) is 16.0 Å². The van der Waals surface area contributed by atoms with Crippen LogP contribution in [0.2, 0.25) is 0 Å². The predicted molar refractivity (Wildman–Crippen MR) is 159 cm³/mol. The molecule has 9 heteroatoms. The molecule has 9 nitrogen and oxygen atoms in total. The number of hydrogen-bond donors (Lipinski definition) is 4. The Bertz CT molecular complexity index is 1290. The highest BCUT2D eigenvalue weighted by molar-refractivity contribution is 5.93. The lowest BCUT2D eigenvalue weighted by Crippen LogP contribution is -2.58. The van der Waals surface area contributed by atoms with Crippen LogP contribution >= 0.6 is 0 Å². The van der Waals surface area contributed by atoms with E-state index < -0.39 is 41.6 Å². The smallest absolute Gasteiger partial charge is 0.407 e. The van der Waals surface area contributed by atoms with Crippen LogP contribution in [0, 0.1) is 5.41 Å². The van der Waals surface area contributed by atoms with E-state index in [2.05, 4.69) is 10.6 Å². The number of nitrogens with one attached hydrogen (secondary N) is 2. The topological polar surface area (TPSA) is 124 Å². The summed E-state index contributed by atoms with van der Waals surface area (Å²) in [4.78, 5) is 39.5. The first-order valence-corrected chi connectivity index (χ1v) is 13.8. The lowest BCUT2D eigenvalue weighted by molar-refractivity contribution is -0.130. The van der Waals surface area contributed by atoms with E-state index >= 15 is 0 Å². The summed E-state index contributed by atoms with van der Waals surface area (Å²) in [5, 5.41) is 27.3. The van der Waals surface area contributed by atoms with Crippen molar-refractivity contribution in [2.24, 2.45) is 12.5 Å². The number of nitrogens with zero attached hydrogens (tertiary/aromatic N) is 2. The molecule has 0 bridgehead atoms. The third-order valence-corrected chi connectivity index (χ3v) is 7.21. The normalized spacial score (nSPS) is 14.4. The Kier molecular flexibility index (Phi) is 10.7. The van der Waals surface area contributed by atoms with E-state index in [-0.39, 0.29) is 12.3 Å². The van der Waals surface area contributed by atoms with Gasteiger partial charge < -0.3 is 25.4 Å². The number of hydrogen-bond acceptors (Lipinski definition) is 4. The maximum atomic E-state index is 13.6. The average molecular weight is 563 g/mol. The van der Waals surface area contributed by atoms with Crippen LogP contribution in [0.1, 0.15) is 48.8 Å². The van der Waals surface area contributed by atoms with Gasteiger partial charge in [-0.15, -0.1) is 0 Å². The molecule has 0 spiro atoms. The van der Waals surface area contributed by atoms with Gasteiger partial charge in [-0.3, -0.25) is 14.5 Å². The van der Waals surface area contributed by atoms with Crippen LogP contribution in [-0.4, -0.2) is 68.9 Å². The van der Waals surface area contributed by atoms with Gasteiger partial charge in [-0.1, -0.05) is 81.4 Å². The Labute approximate surface area is 242 Å². The fourth-order valence-corrected chi connectivity index (χ4v) is 5.18. The van der Waals surface area contributed by atoms with Gasteiger partial charge in [0.1, 0.15) is 11.7 Å². The molecule has 3 amide bonds. The summed E-state index contributed by atoms with van der Waals surface area (Å²) in [5.41, 5.74) is 1.70. The highest BCUT2D eigenvalue weighted by atomic mass is 16.4. The third-order valence-electron chi connectivity index (χ3n) is 7.21. The summed E-state index contributed by atoms with van der Waals surface area (Å²) in [6.45, 7) is 5.40. The number of carbonyl (C=O) groups is 3. The predicted octanol–water partition coefficient (Wildman–Crippen LogP) is 3.87. The number of rotatable bonds is 12. The standard InChI is InChI=1S/C32H42N4O5/c1-32(2,3)28(36(5)31(40)41)30(39)34-25(20-23-15-10-7-11-16-23)27(37)21-24(19-22-13-8-6-9-14-22)33-29(38)26-17-12-18-35(26)4/h6-18,24-25,27-28,37H,19-21H2,1-5H3,(H,33,38)(H,34,39)(H,40,41)/t24-,25-,27+,28+/m0/s1. The summed E-state index contributed by atoms with van der Waals surface area (Å²) < 4.78 is 1.73. The zero-order valence-corrected chi connectivity index (χ0v) is 24.4. The van der Waals surface area contributed by atoms with Gasteiger partial charge in [-0.2, -0.15) is 0 Å². The number of aliphatic hydroxyl groups excluding tert-OH is 1. The molecule has 41 heavy (non-hydrogen) atoms. The SMILES string of the molecule is CN(C(=O)O)[C@H](C(=O)N[C@@H](Cc1ccccc1)[C@H](O)C[C@H](Cc1ccccc1)NC(=O)c1cccn1C)C(C)(C)C. The maximum Gasteiger partial charge on any atom is 0.407 e. The molecule has 0 aliphatic rings. The van der Waals surface area contributed by atoms with Crippen molar-refractivity contribution in [3.63, 3.8) is 0 Å². The van der Waals surface area contributed by atoms with Crippen LogP contribution in [-0.2, 0) is 24.7 Å². The molecule has 0 saturated heterocycles. The number of carboxylic acid groups (broad SMARTS) is 1. The minimum absolute atomic E-state index is 0.164. The Morgan fingerprint density at radius 3 is 1.93 bits per heavy atom. The molecule has 3 rings (SSSR count). The van der Waals surface area contributed by atoms with Gasteiger partial charge in [0.2, 0.25) is 5.91 Å². The van der Waals surface area contributed by atoms with Gasteiger partial charge in [0.15, 0.2) is 0 Å². The second kappa shape index (κ2) is 14.0. The lowest BCUT2D eigenvalue weighted by atomic mass is 9.84. The van der Waals surface area contributed by atoms with Gasteiger partial charge in [-0.05, 0) is 47.9 Å². The number of amides is 3. The summed E-state index contributed by atoms with van der Waals surface area (Å²) in [7, 11) is 3.16. The number of carbonyl (C=O) groups excluding carboxylic acids is 2. The molecule has 0 fully saturated rings. The Hall–Kier alpha value is -4.11. The van der Waals surface area contributed by atoms with Crippen molar-refractivity contribution >= 4 is 17.9 Å². The van der Waals surface area contributed by atoms with Crippen LogP contribution in [0.15, 0.2) is 79.0 Å². The molecule has 3 aromatic rings. The largest absolute Gasteiger partial charge is 0.465 e. The van der Waals surface area contributed by atoms with Crippen LogP contribution in [0.25, 0.3) is 0 Å². The molecule has 0 aliphatic carbocycles. The quantitative estimate of drug-likeness (QED) is 0.267. The number of aliphatic hydroxyl groups is 1. The number of benzene rings is 2. The van der Waals surface area contributed by atoms with Crippen LogP contribution < -0.4 is 10.6 Å². The fourth-order valence-electron chi connectivity index (χ4n) is 5.18. The minimum Gasteiger partial charge on any atom is -0.465 e. The maximum absolute atomic E-state index is 13.6. The van der Waals surface area contributed by atoms with Crippen molar-refractivity contribution < 1.29 is 24.6 Å². The molecule has 1 heterocycles. The van der Waals surface area contributed by atoms with E-state index in [1.54, 1.807) is 50.7 Å². The fraction of sp³-hybridized carbons (Fsp3) is 0.406. The van der Waals surface area contributed by atoms with E-state index in [9.17, 15) is 24.6 Å². The molecule has 0 aliphatic heterocycles. The lowest BCUT2D eigenvalue weighted by Gasteiger charge is -2.37. The third kappa shape index (κ3) is 8.94. The van der Waals surface area contributed by atoms with Crippen molar-refractivity contribution in [3.8, 4) is 0 Å². The average Bonchev–Trinajstić information content (AvgIpc) is 3.34. The van der Waals surface area contributed by atoms with Crippen molar-refractivity contribution in [2.75, 3.05) is 7.05 Å². The van der Waals surface area contributed by atoms with E-state index in [1.165, 1.54) is 7.05 Å². The molecule has 0 saturated carbocycles. The molecule has 0 radical (unpaired) electrons. The Morgan fingerprint density at radius 1 is 0.878 bits per heavy atom. The van der Waals surface area contributed by atoms with Crippen molar-refractivity contribution in [1.29, 1.82) is 0 Å². The second-order valence-corrected chi connectivity index (χ2v) is 11.6. The first kappa shape index (κ1) is 31.4. The van der Waals surface area contributed by atoms with E-state index in [0.29, 0.717) is 18.5 Å². The van der Waals surface area contributed by atoms with Gasteiger partial charge >= 0.3 is 6.09 Å². The molecule has 2 aromatic carbocycles. The number of aromatic nitrogens is 1. The molecule has 4 N–H and O–H groups in total. The zero-order chi connectivity index (χ0) is 30.2. The second-order valence-electron chi connectivity index (χ2n) is 11.6. The molecule has 4 atom stereocenters. The van der Waals surface area contributed by atoms with Crippen molar-refractivity contribution in [2.45, 2.75) is 64.3 Å². The van der Waals surface area contributed by atoms with E-state index in [1.807, 2.05) is 60.7 Å². The highest BCUT2D eigenvalue weighted by Gasteiger charge is 2.39. The number of aryl methyl sites for hydroxylation is 1.